The maximum atomic E-state index is 6.08. The summed E-state index contributed by atoms with van der Waals surface area (Å²) >= 11 is 6.08. The van der Waals surface area contributed by atoms with E-state index in [1.807, 2.05) is 14.0 Å². The van der Waals surface area contributed by atoms with Crippen LogP contribution in [0.3, 0.4) is 0 Å². The lowest BCUT2D eigenvalue weighted by molar-refractivity contribution is 0.118. The van der Waals surface area contributed by atoms with Crippen molar-refractivity contribution >= 4 is 11.6 Å². The van der Waals surface area contributed by atoms with Crippen LogP contribution in [0.15, 0.2) is 0 Å². The molecule has 1 heterocycles. The van der Waals surface area contributed by atoms with E-state index in [0.717, 1.165) is 24.5 Å². The summed E-state index contributed by atoms with van der Waals surface area (Å²) in [6, 6.07) is 0. The van der Waals surface area contributed by atoms with Crippen molar-refractivity contribution in [2.75, 3.05) is 19.7 Å². The van der Waals surface area contributed by atoms with E-state index in [1.165, 1.54) is 0 Å². The normalized spacial score (nSPS) is 10.9. The van der Waals surface area contributed by atoms with Gasteiger partial charge in [-0.15, -0.1) is 0 Å². The number of aryl methyl sites for hydroxylation is 2. The molecular formula is C10H18ClN3O. The first-order valence-corrected chi connectivity index (χ1v) is 5.51. The van der Waals surface area contributed by atoms with Gasteiger partial charge in [0.25, 0.3) is 0 Å². The van der Waals surface area contributed by atoms with Crippen LogP contribution in [0.5, 0.6) is 0 Å². The summed E-state index contributed by atoms with van der Waals surface area (Å²) in [5.41, 5.74) is 1.79. The molecule has 1 rings (SSSR count). The fraction of sp³-hybridized carbons (Fsp3) is 0.700. The van der Waals surface area contributed by atoms with Crippen LogP contribution < -0.4 is 5.32 Å². The van der Waals surface area contributed by atoms with E-state index in [1.54, 1.807) is 4.68 Å². The standard InChI is InChI=1S/C10H18ClN3O/c1-4-12-5-6-15-7-9-10(11)8(2)13-14(9)3/h12H,4-7H2,1-3H3. The number of nitrogens with zero attached hydrogens (tertiary/aromatic N) is 2. The SMILES string of the molecule is CCNCCOCc1c(Cl)c(C)nn1C. The van der Waals surface area contributed by atoms with Crippen LogP contribution >= 0.6 is 11.6 Å². The first-order valence-electron chi connectivity index (χ1n) is 5.13. The Balaban J connectivity index is 2.37. The van der Waals surface area contributed by atoms with E-state index >= 15 is 0 Å². The minimum Gasteiger partial charge on any atom is -0.374 e. The highest BCUT2D eigenvalue weighted by Crippen LogP contribution is 2.19. The second kappa shape index (κ2) is 6.10. The molecule has 86 valence electrons. The Labute approximate surface area is 95.6 Å². The van der Waals surface area contributed by atoms with E-state index < -0.39 is 0 Å². The lowest BCUT2D eigenvalue weighted by Crippen LogP contribution is -2.19. The van der Waals surface area contributed by atoms with E-state index in [-0.39, 0.29) is 0 Å². The third kappa shape index (κ3) is 3.48. The smallest absolute Gasteiger partial charge is 0.0900 e. The topological polar surface area (TPSA) is 39.1 Å². The summed E-state index contributed by atoms with van der Waals surface area (Å²) in [7, 11) is 1.88. The third-order valence-electron chi connectivity index (χ3n) is 2.17. The predicted octanol–water partition coefficient (Wildman–Crippen LogP) is 1.51. The van der Waals surface area contributed by atoms with Gasteiger partial charge in [-0.3, -0.25) is 4.68 Å². The zero-order valence-electron chi connectivity index (χ0n) is 9.51. The molecule has 0 saturated heterocycles. The molecule has 1 N–H and O–H groups in total. The minimum atomic E-state index is 0.515. The average Bonchev–Trinajstić information content (AvgIpc) is 2.44. The Hall–Kier alpha value is -0.580. The zero-order valence-corrected chi connectivity index (χ0v) is 10.3. The van der Waals surface area contributed by atoms with Crippen molar-refractivity contribution in [2.45, 2.75) is 20.5 Å². The third-order valence-corrected chi connectivity index (χ3v) is 2.67. The molecular weight excluding hydrogens is 214 g/mol. The van der Waals surface area contributed by atoms with Gasteiger partial charge in [-0.1, -0.05) is 18.5 Å². The van der Waals surface area contributed by atoms with Gasteiger partial charge in [0.15, 0.2) is 0 Å². The molecule has 0 aliphatic rings. The highest BCUT2D eigenvalue weighted by atomic mass is 35.5. The van der Waals surface area contributed by atoms with Gasteiger partial charge in [0.2, 0.25) is 0 Å². The molecule has 1 aromatic rings. The quantitative estimate of drug-likeness (QED) is 0.755. The number of ether oxygens (including phenoxy) is 1. The van der Waals surface area contributed by atoms with Gasteiger partial charge < -0.3 is 10.1 Å². The van der Waals surface area contributed by atoms with Gasteiger partial charge in [0, 0.05) is 13.6 Å². The lowest BCUT2D eigenvalue weighted by Gasteiger charge is -2.05. The van der Waals surface area contributed by atoms with Crippen molar-refractivity contribution < 1.29 is 4.74 Å². The van der Waals surface area contributed by atoms with Crippen LogP contribution in [0.1, 0.15) is 18.3 Å². The van der Waals surface area contributed by atoms with Gasteiger partial charge in [-0.2, -0.15) is 5.10 Å². The molecule has 0 amide bonds. The van der Waals surface area contributed by atoms with Crippen LogP contribution in [0.25, 0.3) is 0 Å². The highest BCUT2D eigenvalue weighted by Gasteiger charge is 2.10. The van der Waals surface area contributed by atoms with Gasteiger partial charge in [0.1, 0.15) is 0 Å². The molecule has 0 bridgehead atoms. The van der Waals surface area contributed by atoms with E-state index in [4.69, 9.17) is 16.3 Å². The summed E-state index contributed by atoms with van der Waals surface area (Å²) in [6.45, 7) is 7.00. The largest absolute Gasteiger partial charge is 0.374 e. The Morgan fingerprint density at radius 3 is 2.80 bits per heavy atom. The van der Waals surface area contributed by atoms with E-state index in [0.29, 0.717) is 18.2 Å². The molecule has 0 fully saturated rings. The van der Waals surface area contributed by atoms with E-state index in [9.17, 15) is 0 Å². The maximum absolute atomic E-state index is 6.08. The number of likely N-dealkylation sites (N-methyl/N-ethyl adjacent to an activating group) is 1. The fourth-order valence-electron chi connectivity index (χ4n) is 1.33. The molecule has 5 heteroatoms. The molecule has 0 aromatic carbocycles. The van der Waals surface area contributed by atoms with Crippen LogP contribution in [-0.2, 0) is 18.4 Å². The molecule has 0 atom stereocenters. The number of nitrogens with one attached hydrogen (secondary N) is 1. The lowest BCUT2D eigenvalue weighted by atomic mass is 10.4. The van der Waals surface area contributed by atoms with Gasteiger partial charge in [-0.25, -0.2) is 0 Å². The molecule has 0 radical (unpaired) electrons. The predicted molar refractivity (Wildman–Crippen MR) is 61.2 cm³/mol. The van der Waals surface area contributed by atoms with Crippen molar-refractivity contribution in [3.8, 4) is 0 Å². The molecule has 0 spiro atoms. The Morgan fingerprint density at radius 1 is 1.53 bits per heavy atom. The molecule has 0 unspecified atom stereocenters. The van der Waals surface area contributed by atoms with Crippen molar-refractivity contribution in [1.29, 1.82) is 0 Å². The monoisotopic (exact) mass is 231 g/mol. The second-order valence-electron chi connectivity index (χ2n) is 3.38. The Kier molecular flexibility index (Phi) is 5.08. The summed E-state index contributed by atoms with van der Waals surface area (Å²) in [5, 5.41) is 8.11. The second-order valence-corrected chi connectivity index (χ2v) is 3.75. The number of hydrogen-bond acceptors (Lipinski definition) is 3. The van der Waals surface area contributed by atoms with Crippen molar-refractivity contribution in [3.63, 3.8) is 0 Å². The number of halogens is 1. The fourth-order valence-corrected chi connectivity index (χ4v) is 1.54. The number of aromatic nitrogens is 2. The van der Waals surface area contributed by atoms with Gasteiger partial charge >= 0.3 is 0 Å². The molecule has 0 saturated carbocycles. The van der Waals surface area contributed by atoms with Crippen molar-refractivity contribution in [2.24, 2.45) is 7.05 Å². The molecule has 0 aliphatic carbocycles. The van der Waals surface area contributed by atoms with Crippen LogP contribution in [0.2, 0.25) is 5.02 Å². The highest BCUT2D eigenvalue weighted by molar-refractivity contribution is 6.31. The minimum absolute atomic E-state index is 0.515. The zero-order chi connectivity index (χ0) is 11.3. The average molecular weight is 232 g/mol. The van der Waals surface area contributed by atoms with E-state index in [2.05, 4.69) is 17.3 Å². The number of hydrogen-bond donors (Lipinski definition) is 1. The number of rotatable bonds is 6. The van der Waals surface area contributed by atoms with Crippen molar-refractivity contribution in [1.82, 2.24) is 15.1 Å². The van der Waals surface area contributed by atoms with Crippen LogP contribution in [0, 0.1) is 6.92 Å². The summed E-state index contributed by atoms with van der Waals surface area (Å²) < 4.78 is 7.26. The molecule has 1 aromatic heterocycles. The maximum Gasteiger partial charge on any atom is 0.0900 e. The summed E-state index contributed by atoms with van der Waals surface area (Å²) in [5.74, 6) is 0. The first-order chi connectivity index (χ1) is 7.16. The van der Waals surface area contributed by atoms with Gasteiger partial charge in [0.05, 0.1) is 29.6 Å². The molecule has 0 aliphatic heterocycles. The summed E-state index contributed by atoms with van der Waals surface area (Å²) in [6.07, 6.45) is 0. The summed E-state index contributed by atoms with van der Waals surface area (Å²) in [4.78, 5) is 0. The first kappa shape index (κ1) is 12.5. The molecule has 4 nitrogen and oxygen atoms in total. The van der Waals surface area contributed by atoms with Gasteiger partial charge in [-0.05, 0) is 13.5 Å². The Bertz CT molecular complexity index is 312. The van der Waals surface area contributed by atoms with Crippen LogP contribution in [0.4, 0.5) is 0 Å². The Morgan fingerprint density at radius 2 is 2.27 bits per heavy atom. The molecule has 15 heavy (non-hydrogen) atoms. The van der Waals surface area contributed by atoms with Crippen LogP contribution in [-0.4, -0.2) is 29.5 Å². The van der Waals surface area contributed by atoms with Crippen molar-refractivity contribution in [3.05, 3.63) is 16.4 Å².